The highest BCUT2D eigenvalue weighted by molar-refractivity contribution is 9.10. The summed E-state index contributed by atoms with van der Waals surface area (Å²) in [5.41, 5.74) is 8.97. The van der Waals surface area contributed by atoms with Gasteiger partial charge in [-0.15, -0.1) is 0 Å². The van der Waals surface area contributed by atoms with Gasteiger partial charge in [0.05, 0.1) is 8.07 Å². The first-order chi connectivity index (χ1) is 19.3. The number of hydrogen-bond donors (Lipinski definition) is 0. The highest BCUT2D eigenvalue weighted by atomic mass is 79.9. The Hall–Kier alpha value is -1.64. The highest BCUT2D eigenvalue weighted by Gasteiger charge is 2.42. The summed E-state index contributed by atoms with van der Waals surface area (Å²) < 4.78 is 1.22. The molecule has 3 aromatic carbocycles. The molecule has 0 radical (unpaired) electrons. The molecule has 0 aromatic heterocycles. The van der Waals surface area contributed by atoms with Gasteiger partial charge < -0.3 is 0 Å². The van der Waals surface area contributed by atoms with E-state index in [9.17, 15) is 0 Å². The Bertz CT molecular complexity index is 1200. The SMILES string of the molecule is CCCCCCCCC1(CCCCCCCC)c2cc(Br)ccc2-c2ccc(-c3ccc([Si](C)(C)C)cc3)cc21. The number of benzene rings is 3. The molecule has 0 unspecified atom stereocenters. The van der Waals surface area contributed by atoms with Crippen LogP contribution < -0.4 is 5.19 Å². The Kier molecular flexibility index (Phi) is 11.3. The number of unbranched alkanes of at least 4 members (excludes halogenated alkanes) is 10. The minimum atomic E-state index is -1.30. The first kappa shape index (κ1) is 31.3. The second kappa shape index (κ2) is 14.5. The van der Waals surface area contributed by atoms with Gasteiger partial charge in [-0.1, -0.05) is 174 Å². The molecule has 0 atom stereocenters. The third-order valence-corrected chi connectivity index (χ3v) is 11.9. The van der Waals surface area contributed by atoms with Crippen molar-refractivity contribution >= 4 is 29.2 Å². The molecule has 4 rings (SSSR count). The van der Waals surface area contributed by atoms with Crippen LogP contribution >= 0.6 is 15.9 Å². The summed E-state index contributed by atoms with van der Waals surface area (Å²) in [7, 11) is -1.30. The molecular formula is C38H53BrSi. The molecule has 0 nitrogen and oxygen atoms in total. The summed E-state index contributed by atoms with van der Waals surface area (Å²) in [6, 6.07) is 24.0. The van der Waals surface area contributed by atoms with Crippen LogP contribution in [-0.2, 0) is 5.41 Å². The maximum absolute atomic E-state index is 3.86. The molecule has 0 heterocycles. The summed E-state index contributed by atoms with van der Waals surface area (Å²) in [5, 5.41) is 1.54. The quantitative estimate of drug-likeness (QED) is 0.111. The fourth-order valence-electron chi connectivity index (χ4n) is 6.89. The molecule has 0 N–H and O–H groups in total. The van der Waals surface area contributed by atoms with Crippen LogP contribution in [0.3, 0.4) is 0 Å². The van der Waals surface area contributed by atoms with Crippen LogP contribution in [0.4, 0.5) is 0 Å². The van der Waals surface area contributed by atoms with Crippen molar-refractivity contribution in [1.29, 1.82) is 0 Å². The fraction of sp³-hybridized carbons (Fsp3) is 0.526. The van der Waals surface area contributed by atoms with E-state index in [1.807, 2.05) is 0 Å². The molecule has 0 aliphatic heterocycles. The van der Waals surface area contributed by atoms with Crippen LogP contribution in [0.5, 0.6) is 0 Å². The molecule has 0 spiro atoms. The summed E-state index contributed by atoms with van der Waals surface area (Å²) in [6.07, 6.45) is 18.8. The Balaban J connectivity index is 1.70. The van der Waals surface area contributed by atoms with Gasteiger partial charge in [-0.05, 0) is 64.4 Å². The largest absolute Gasteiger partial charge is 0.0775 e. The van der Waals surface area contributed by atoms with E-state index in [2.05, 4.69) is 110 Å². The standard InChI is InChI=1S/C38H53BrSi/c1-6-8-10-12-14-16-26-38(27-17-15-13-11-9-7-2)36-28-31(30-18-22-33(23-19-30)40(3,4)5)20-24-34(36)35-25-21-32(39)29-37(35)38/h18-25,28-29H,6-17,26-27H2,1-5H3. The molecule has 1 aliphatic carbocycles. The zero-order chi connectivity index (χ0) is 28.6. The van der Waals surface area contributed by atoms with Gasteiger partial charge in [-0.2, -0.15) is 0 Å². The molecule has 3 aromatic rings. The van der Waals surface area contributed by atoms with E-state index in [1.165, 1.54) is 122 Å². The molecule has 1 aliphatic rings. The summed E-state index contributed by atoms with van der Waals surface area (Å²) in [4.78, 5) is 0. The Morgan fingerprint density at radius 1 is 0.550 bits per heavy atom. The lowest BCUT2D eigenvalue weighted by Gasteiger charge is -2.33. The van der Waals surface area contributed by atoms with Crippen molar-refractivity contribution in [3.05, 3.63) is 76.3 Å². The normalized spacial score (nSPS) is 13.8. The predicted molar refractivity (Wildman–Crippen MR) is 185 cm³/mol. The van der Waals surface area contributed by atoms with Gasteiger partial charge in [0, 0.05) is 9.89 Å². The van der Waals surface area contributed by atoms with Crippen molar-refractivity contribution in [3.63, 3.8) is 0 Å². The number of hydrogen-bond acceptors (Lipinski definition) is 0. The summed E-state index contributed by atoms with van der Waals surface area (Å²) >= 11 is 3.86. The van der Waals surface area contributed by atoms with E-state index >= 15 is 0 Å². The van der Waals surface area contributed by atoms with E-state index in [4.69, 9.17) is 0 Å². The second-order valence-corrected chi connectivity index (χ2v) is 19.4. The maximum Gasteiger partial charge on any atom is 0.0775 e. The molecule has 2 heteroatoms. The van der Waals surface area contributed by atoms with E-state index in [1.54, 1.807) is 11.1 Å². The van der Waals surface area contributed by atoms with Gasteiger partial charge >= 0.3 is 0 Å². The van der Waals surface area contributed by atoms with Crippen molar-refractivity contribution < 1.29 is 0 Å². The van der Waals surface area contributed by atoms with Crippen LogP contribution in [0, 0.1) is 0 Å². The lowest BCUT2D eigenvalue weighted by Crippen LogP contribution is -2.37. The first-order valence-electron chi connectivity index (χ1n) is 16.4. The third-order valence-electron chi connectivity index (χ3n) is 9.32. The van der Waals surface area contributed by atoms with E-state index < -0.39 is 8.07 Å². The second-order valence-electron chi connectivity index (χ2n) is 13.4. The van der Waals surface area contributed by atoms with Gasteiger partial charge in [0.15, 0.2) is 0 Å². The molecule has 40 heavy (non-hydrogen) atoms. The van der Waals surface area contributed by atoms with Crippen LogP contribution in [0.1, 0.15) is 115 Å². The maximum atomic E-state index is 3.86. The Morgan fingerprint density at radius 2 is 1.02 bits per heavy atom. The molecule has 0 saturated heterocycles. The lowest BCUT2D eigenvalue weighted by atomic mass is 9.70. The van der Waals surface area contributed by atoms with Crippen molar-refractivity contribution in [3.8, 4) is 22.3 Å². The average molecular weight is 618 g/mol. The van der Waals surface area contributed by atoms with Crippen molar-refractivity contribution in [2.24, 2.45) is 0 Å². The summed E-state index contributed by atoms with van der Waals surface area (Å²) in [6.45, 7) is 11.9. The molecule has 0 fully saturated rings. The molecule has 0 saturated carbocycles. The van der Waals surface area contributed by atoms with Crippen LogP contribution in [-0.4, -0.2) is 8.07 Å². The van der Waals surface area contributed by atoms with Gasteiger partial charge in [0.2, 0.25) is 0 Å². The topological polar surface area (TPSA) is 0 Å². The first-order valence-corrected chi connectivity index (χ1v) is 20.7. The number of fused-ring (bicyclic) bond motifs is 3. The van der Waals surface area contributed by atoms with E-state index in [0.717, 1.165) is 0 Å². The zero-order valence-electron chi connectivity index (χ0n) is 26.1. The Morgan fingerprint density at radius 3 is 1.57 bits per heavy atom. The average Bonchev–Trinajstić information content (AvgIpc) is 3.20. The van der Waals surface area contributed by atoms with Gasteiger partial charge in [-0.3, -0.25) is 0 Å². The highest BCUT2D eigenvalue weighted by Crippen LogP contribution is 2.55. The van der Waals surface area contributed by atoms with Crippen LogP contribution in [0.2, 0.25) is 19.6 Å². The monoisotopic (exact) mass is 616 g/mol. The minimum Gasteiger partial charge on any atom is -0.0656 e. The zero-order valence-corrected chi connectivity index (χ0v) is 28.6. The van der Waals surface area contributed by atoms with Crippen LogP contribution in [0.25, 0.3) is 22.3 Å². The Labute approximate surface area is 255 Å². The van der Waals surface area contributed by atoms with Gasteiger partial charge in [0.1, 0.15) is 0 Å². The minimum absolute atomic E-state index is 0.123. The van der Waals surface area contributed by atoms with E-state index in [0.29, 0.717) is 0 Å². The van der Waals surface area contributed by atoms with E-state index in [-0.39, 0.29) is 5.41 Å². The van der Waals surface area contributed by atoms with Gasteiger partial charge in [-0.25, -0.2) is 0 Å². The summed E-state index contributed by atoms with van der Waals surface area (Å²) in [5.74, 6) is 0. The molecule has 216 valence electrons. The third kappa shape index (κ3) is 7.40. The number of rotatable bonds is 16. The molecule has 0 amide bonds. The fourth-order valence-corrected chi connectivity index (χ4v) is 8.42. The molecule has 0 bridgehead atoms. The van der Waals surface area contributed by atoms with Crippen molar-refractivity contribution in [2.75, 3.05) is 0 Å². The number of halogens is 1. The molecular weight excluding hydrogens is 564 g/mol. The lowest BCUT2D eigenvalue weighted by molar-refractivity contribution is 0.398. The smallest absolute Gasteiger partial charge is 0.0656 e. The van der Waals surface area contributed by atoms with Crippen LogP contribution in [0.15, 0.2) is 65.1 Å². The van der Waals surface area contributed by atoms with Crippen molar-refractivity contribution in [2.45, 2.75) is 129 Å². The van der Waals surface area contributed by atoms with Gasteiger partial charge in [0.25, 0.3) is 0 Å². The van der Waals surface area contributed by atoms with Crippen molar-refractivity contribution in [1.82, 2.24) is 0 Å². The predicted octanol–water partition coefficient (Wildman–Crippen LogP) is 12.4.